The lowest BCUT2D eigenvalue weighted by atomic mass is 10.1. The Kier molecular flexibility index (Phi) is 6.87. The first kappa shape index (κ1) is 19.1. The summed E-state index contributed by atoms with van der Waals surface area (Å²) in [5, 5.41) is 14.3. The first-order valence-electron chi connectivity index (χ1n) is 8.94. The Hall–Kier alpha value is -1.64. The third-order valence-corrected chi connectivity index (χ3v) is 6.43. The van der Waals surface area contributed by atoms with Crippen LogP contribution in [0.25, 0.3) is 0 Å². The number of anilines is 2. The second-order valence-corrected chi connectivity index (χ2v) is 8.82. The molecule has 140 valence electrons. The number of amides is 2. The molecule has 8 heteroatoms. The van der Waals surface area contributed by atoms with Crippen molar-refractivity contribution >= 4 is 39.9 Å². The van der Waals surface area contributed by atoms with E-state index in [1.54, 1.807) is 11.8 Å². The maximum absolute atomic E-state index is 12.1. The van der Waals surface area contributed by atoms with E-state index in [4.69, 9.17) is 0 Å². The average molecular weight is 392 g/mol. The molecule has 0 unspecified atom stereocenters. The summed E-state index contributed by atoms with van der Waals surface area (Å²) in [5.74, 6) is 1.00. The third kappa shape index (κ3) is 5.69. The maximum Gasteiger partial charge on any atom is 0.325 e. The molecule has 0 aliphatic carbocycles. The highest BCUT2D eigenvalue weighted by atomic mass is 32.2. The predicted octanol–water partition coefficient (Wildman–Crippen LogP) is 4.38. The Bertz CT molecular complexity index is 743. The molecule has 1 saturated heterocycles. The highest BCUT2D eigenvalue weighted by Crippen LogP contribution is 2.26. The third-order valence-electron chi connectivity index (χ3n) is 4.47. The molecule has 2 aromatic rings. The molecule has 2 heterocycles. The van der Waals surface area contributed by atoms with Gasteiger partial charge in [0.25, 0.3) is 0 Å². The van der Waals surface area contributed by atoms with Gasteiger partial charge in [-0.15, -0.1) is 10.2 Å². The molecule has 1 aromatic heterocycles. The zero-order valence-electron chi connectivity index (χ0n) is 15.2. The van der Waals surface area contributed by atoms with Crippen molar-refractivity contribution in [2.45, 2.75) is 37.4 Å². The topological polar surface area (TPSA) is 70.1 Å². The van der Waals surface area contributed by atoms with Crippen LogP contribution in [0, 0.1) is 13.8 Å². The number of hydrogen-bond donors (Lipinski definition) is 2. The summed E-state index contributed by atoms with van der Waals surface area (Å²) < 4.78 is 0.892. The molecule has 0 saturated carbocycles. The number of aromatic nitrogens is 2. The van der Waals surface area contributed by atoms with Gasteiger partial charge in [0.05, 0.1) is 0 Å². The van der Waals surface area contributed by atoms with Crippen LogP contribution in [-0.4, -0.2) is 46.5 Å². The monoisotopic (exact) mass is 391 g/mol. The van der Waals surface area contributed by atoms with Gasteiger partial charge < -0.3 is 10.2 Å². The number of urea groups is 1. The first-order chi connectivity index (χ1) is 12.6. The van der Waals surface area contributed by atoms with Crippen LogP contribution in [0.4, 0.5) is 15.6 Å². The van der Waals surface area contributed by atoms with E-state index in [1.165, 1.54) is 49.3 Å². The number of rotatable bonds is 6. The molecule has 26 heavy (non-hydrogen) atoms. The van der Waals surface area contributed by atoms with Crippen molar-refractivity contribution in [1.82, 2.24) is 15.1 Å². The quantitative estimate of drug-likeness (QED) is 0.565. The van der Waals surface area contributed by atoms with E-state index >= 15 is 0 Å². The van der Waals surface area contributed by atoms with Crippen LogP contribution in [0.15, 0.2) is 22.5 Å². The summed E-state index contributed by atoms with van der Waals surface area (Å²) in [6.45, 7) is 7.58. The van der Waals surface area contributed by atoms with Gasteiger partial charge in [-0.3, -0.25) is 5.32 Å². The van der Waals surface area contributed by atoms with E-state index in [0.717, 1.165) is 27.9 Å². The number of likely N-dealkylation sites (tertiary alicyclic amines) is 1. The van der Waals surface area contributed by atoms with Gasteiger partial charge in [0, 0.05) is 18.0 Å². The van der Waals surface area contributed by atoms with Crippen LogP contribution >= 0.6 is 23.1 Å². The Labute approximate surface area is 162 Å². The van der Waals surface area contributed by atoms with Gasteiger partial charge in [0.1, 0.15) is 0 Å². The van der Waals surface area contributed by atoms with E-state index in [2.05, 4.69) is 25.7 Å². The fourth-order valence-corrected chi connectivity index (χ4v) is 4.66. The molecule has 3 rings (SSSR count). The minimum absolute atomic E-state index is 0.297. The molecule has 1 aliphatic heterocycles. The van der Waals surface area contributed by atoms with E-state index in [9.17, 15) is 4.79 Å². The van der Waals surface area contributed by atoms with Crippen molar-refractivity contribution in [3.63, 3.8) is 0 Å². The smallest absolute Gasteiger partial charge is 0.308 e. The summed E-state index contributed by atoms with van der Waals surface area (Å²) in [7, 11) is 0. The molecule has 2 N–H and O–H groups in total. The molecule has 0 spiro atoms. The Balaban J connectivity index is 1.43. The minimum Gasteiger partial charge on any atom is -0.308 e. The van der Waals surface area contributed by atoms with Gasteiger partial charge in [0.15, 0.2) is 4.34 Å². The molecule has 1 fully saturated rings. The lowest BCUT2D eigenvalue weighted by Gasteiger charge is -2.25. The number of thioether (sulfide) groups is 1. The summed E-state index contributed by atoms with van der Waals surface area (Å²) in [4.78, 5) is 14.6. The second kappa shape index (κ2) is 9.34. The van der Waals surface area contributed by atoms with Crippen molar-refractivity contribution in [3.8, 4) is 0 Å². The first-order valence-corrected chi connectivity index (χ1v) is 10.7. The Morgan fingerprint density at radius 2 is 1.96 bits per heavy atom. The zero-order chi connectivity index (χ0) is 18.4. The van der Waals surface area contributed by atoms with Gasteiger partial charge in [-0.1, -0.05) is 35.6 Å². The van der Waals surface area contributed by atoms with Gasteiger partial charge >= 0.3 is 6.03 Å². The SMILES string of the molecule is Cc1ccc(NC(=O)Nc2nnc(SCCN3CCCCC3)s2)cc1C. The van der Waals surface area contributed by atoms with Crippen molar-refractivity contribution in [2.75, 3.05) is 36.0 Å². The molecule has 2 amide bonds. The number of nitrogens with one attached hydrogen (secondary N) is 2. The molecular formula is C18H25N5OS2. The minimum atomic E-state index is -0.297. The van der Waals surface area contributed by atoms with E-state index in [-0.39, 0.29) is 6.03 Å². The average Bonchev–Trinajstić information content (AvgIpc) is 3.06. The number of aryl methyl sites for hydroxylation is 2. The van der Waals surface area contributed by atoms with Crippen LogP contribution < -0.4 is 10.6 Å². The molecule has 6 nitrogen and oxygen atoms in total. The molecule has 0 radical (unpaired) electrons. The fraction of sp³-hybridized carbons (Fsp3) is 0.500. The Morgan fingerprint density at radius 1 is 1.15 bits per heavy atom. The summed E-state index contributed by atoms with van der Waals surface area (Å²) in [6.07, 6.45) is 3.99. The van der Waals surface area contributed by atoms with Crippen molar-refractivity contribution in [3.05, 3.63) is 29.3 Å². The maximum atomic E-state index is 12.1. The highest BCUT2D eigenvalue weighted by molar-refractivity contribution is 8.01. The van der Waals surface area contributed by atoms with Crippen LogP contribution in [0.3, 0.4) is 0 Å². The van der Waals surface area contributed by atoms with Gasteiger partial charge in [-0.25, -0.2) is 4.79 Å². The lowest BCUT2D eigenvalue weighted by Crippen LogP contribution is -2.31. The number of carbonyl (C=O) groups is 1. The van der Waals surface area contributed by atoms with Crippen LogP contribution in [0.2, 0.25) is 0 Å². The standard InChI is InChI=1S/C18H25N5OS2/c1-13-6-7-15(12-14(13)2)19-16(24)20-17-21-22-18(26-17)25-11-10-23-8-4-3-5-9-23/h6-7,12H,3-5,8-11H2,1-2H3,(H2,19,20,21,24). The normalized spacial score (nSPS) is 15.0. The van der Waals surface area contributed by atoms with Gasteiger partial charge in [0.2, 0.25) is 5.13 Å². The molecule has 0 bridgehead atoms. The summed E-state index contributed by atoms with van der Waals surface area (Å²) >= 11 is 3.12. The van der Waals surface area contributed by atoms with E-state index in [0.29, 0.717) is 5.13 Å². The number of piperidine rings is 1. The second-order valence-electron chi connectivity index (χ2n) is 6.50. The molecule has 1 aliphatic rings. The van der Waals surface area contributed by atoms with Crippen molar-refractivity contribution < 1.29 is 4.79 Å². The van der Waals surface area contributed by atoms with Gasteiger partial charge in [-0.2, -0.15) is 0 Å². The van der Waals surface area contributed by atoms with E-state index in [1.807, 2.05) is 32.0 Å². The summed E-state index contributed by atoms with van der Waals surface area (Å²) in [5.41, 5.74) is 3.11. The number of hydrogen-bond acceptors (Lipinski definition) is 6. The predicted molar refractivity (Wildman–Crippen MR) is 109 cm³/mol. The van der Waals surface area contributed by atoms with E-state index < -0.39 is 0 Å². The van der Waals surface area contributed by atoms with Gasteiger partial charge in [-0.05, 0) is 63.0 Å². The molecular weight excluding hydrogens is 366 g/mol. The number of benzene rings is 1. The van der Waals surface area contributed by atoms with Crippen LogP contribution in [0.1, 0.15) is 30.4 Å². The number of carbonyl (C=O) groups excluding carboxylic acids is 1. The van der Waals surface area contributed by atoms with Crippen LogP contribution in [-0.2, 0) is 0 Å². The largest absolute Gasteiger partial charge is 0.325 e. The Morgan fingerprint density at radius 3 is 2.73 bits per heavy atom. The molecule has 1 aromatic carbocycles. The fourth-order valence-electron chi connectivity index (χ4n) is 2.84. The van der Waals surface area contributed by atoms with Crippen molar-refractivity contribution in [1.29, 1.82) is 0 Å². The molecule has 0 atom stereocenters. The lowest BCUT2D eigenvalue weighted by molar-refractivity contribution is 0.242. The van der Waals surface area contributed by atoms with Crippen molar-refractivity contribution in [2.24, 2.45) is 0 Å². The highest BCUT2D eigenvalue weighted by Gasteiger charge is 2.12. The summed E-state index contributed by atoms with van der Waals surface area (Å²) in [6, 6.07) is 5.54. The zero-order valence-corrected chi connectivity index (χ0v) is 16.9. The number of nitrogens with zero attached hydrogens (tertiary/aromatic N) is 3. The van der Waals surface area contributed by atoms with Crippen LogP contribution in [0.5, 0.6) is 0 Å².